The van der Waals surface area contributed by atoms with E-state index in [-0.39, 0.29) is 11.8 Å². The van der Waals surface area contributed by atoms with E-state index in [1.54, 1.807) is 0 Å². The van der Waals surface area contributed by atoms with Gasteiger partial charge >= 0.3 is 0 Å². The van der Waals surface area contributed by atoms with Crippen LogP contribution in [0.25, 0.3) is 0 Å². The topological polar surface area (TPSA) is 70.6 Å². The fraction of sp³-hybridized carbons (Fsp3) is 0.370. The smallest absolute Gasteiger partial charge is 0.224 e. The Balaban J connectivity index is 1.27. The fourth-order valence-corrected chi connectivity index (χ4v) is 4.09. The van der Waals surface area contributed by atoms with Gasteiger partial charge < -0.3 is 19.9 Å². The highest BCUT2D eigenvalue weighted by Gasteiger charge is 2.25. The van der Waals surface area contributed by atoms with E-state index >= 15 is 0 Å². The molecule has 1 amide bonds. The van der Waals surface area contributed by atoms with Crippen molar-refractivity contribution < 1.29 is 9.53 Å². The molecular formula is C27H33N5O2. The van der Waals surface area contributed by atoms with Gasteiger partial charge in [0.25, 0.3) is 0 Å². The van der Waals surface area contributed by atoms with Crippen molar-refractivity contribution in [3.63, 3.8) is 0 Å². The van der Waals surface area contributed by atoms with Crippen molar-refractivity contribution in [2.45, 2.75) is 32.7 Å². The summed E-state index contributed by atoms with van der Waals surface area (Å²) in [5.74, 6) is 2.25. The molecule has 0 saturated carbocycles. The number of carbonyl (C=O) groups is 1. The molecule has 34 heavy (non-hydrogen) atoms. The van der Waals surface area contributed by atoms with Gasteiger partial charge in [-0.05, 0) is 54.7 Å². The number of nitrogens with one attached hydrogen (secondary N) is 1. The average molecular weight is 460 g/mol. The first-order chi connectivity index (χ1) is 16.5. The largest absolute Gasteiger partial charge is 0.439 e. The van der Waals surface area contributed by atoms with Crippen LogP contribution in [-0.4, -0.2) is 43.1 Å². The molecule has 7 nitrogen and oxygen atoms in total. The van der Waals surface area contributed by atoms with Gasteiger partial charge in [0.05, 0.1) is 0 Å². The van der Waals surface area contributed by atoms with Crippen molar-refractivity contribution in [2.24, 2.45) is 5.92 Å². The lowest BCUT2D eigenvalue weighted by Crippen LogP contribution is -2.40. The van der Waals surface area contributed by atoms with Crippen LogP contribution in [0.15, 0.2) is 60.9 Å². The second kappa shape index (κ2) is 11.0. The molecule has 1 aliphatic rings. The standard InChI is InChI=1S/C27H33N5O2/c1-4-20-7-11-24(12-8-20)34-26-17-25(29-19-30-26)32-15-13-22(14-16-32)27(33)28-18-21-5-9-23(10-6-21)31(2)3/h5-12,17,19,22H,4,13-16,18H2,1-3H3,(H,28,33). The quantitative estimate of drug-likeness (QED) is 0.537. The number of nitrogens with zero attached hydrogens (tertiary/aromatic N) is 4. The van der Waals surface area contributed by atoms with E-state index in [0.717, 1.165) is 55.2 Å². The van der Waals surface area contributed by atoms with Gasteiger partial charge in [0.1, 0.15) is 17.9 Å². The molecule has 0 spiro atoms. The summed E-state index contributed by atoms with van der Waals surface area (Å²) in [5.41, 5.74) is 3.52. The molecule has 1 saturated heterocycles. The maximum atomic E-state index is 12.7. The number of benzene rings is 2. The molecular weight excluding hydrogens is 426 g/mol. The molecule has 1 N–H and O–H groups in total. The highest BCUT2D eigenvalue weighted by atomic mass is 16.5. The predicted octanol–water partition coefficient (Wildman–Crippen LogP) is 4.43. The minimum atomic E-state index is 0.0203. The summed E-state index contributed by atoms with van der Waals surface area (Å²) in [6.45, 7) is 4.23. The van der Waals surface area contributed by atoms with Gasteiger partial charge in [0.2, 0.25) is 11.8 Å². The van der Waals surface area contributed by atoms with Crippen LogP contribution in [0.1, 0.15) is 30.9 Å². The van der Waals surface area contributed by atoms with Crippen molar-refractivity contribution in [1.82, 2.24) is 15.3 Å². The highest BCUT2D eigenvalue weighted by molar-refractivity contribution is 5.79. The molecule has 4 rings (SSSR count). The Bertz CT molecular complexity index is 1070. The number of anilines is 2. The van der Waals surface area contributed by atoms with Crippen LogP contribution in [0.2, 0.25) is 0 Å². The van der Waals surface area contributed by atoms with Gasteiger partial charge in [-0.25, -0.2) is 9.97 Å². The number of aromatic nitrogens is 2. The lowest BCUT2D eigenvalue weighted by molar-refractivity contribution is -0.125. The summed E-state index contributed by atoms with van der Waals surface area (Å²) >= 11 is 0. The van der Waals surface area contributed by atoms with Crippen LogP contribution in [0.4, 0.5) is 11.5 Å². The summed E-state index contributed by atoms with van der Waals surface area (Å²) in [6.07, 6.45) is 4.12. The van der Waals surface area contributed by atoms with Gasteiger partial charge in [-0.15, -0.1) is 0 Å². The van der Waals surface area contributed by atoms with E-state index in [9.17, 15) is 4.79 Å². The van der Waals surface area contributed by atoms with Crippen molar-refractivity contribution in [2.75, 3.05) is 37.0 Å². The molecule has 1 aliphatic heterocycles. The van der Waals surface area contributed by atoms with Crippen LogP contribution < -0.4 is 19.9 Å². The molecule has 1 fully saturated rings. The summed E-state index contributed by atoms with van der Waals surface area (Å²) in [6, 6.07) is 18.2. The third-order valence-electron chi connectivity index (χ3n) is 6.29. The van der Waals surface area contributed by atoms with E-state index in [1.807, 2.05) is 32.3 Å². The summed E-state index contributed by atoms with van der Waals surface area (Å²) < 4.78 is 5.92. The van der Waals surface area contributed by atoms with Gasteiger partial charge in [-0.2, -0.15) is 0 Å². The van der Waals surface area contributed by atoms with Crippen molar-refractivity contribution in [1.29, 1.82) is 0 Å². The number of hydrogen-bond donors (Lipinski definition) is 1. The summed E-state index contributed by atoms with van der Waals surface area (Å²) in [5, 5.41) is 3.10. The zero-order valence-corrected chi connectivity index (χ0v) is 20.2. The molecule has 2 aromatic carbocycles. The first-order valence-electron chi connectivity index (χ1n) is 11.9. The molecule has 0 atom stereocenters. The minimum absolute atomic E-state index is 0.0203. The maximum absolute atomic E-state index is 12.7. The maximum Gasteiger partial charge on any atom is 0.224 e. The van der Waals surface area contributed by atoms with E-state index in [1.165, 1.54) is 11.9 Å². The highest BCUT2D eigenvalue weighted by Crippen LogP contribution is 2.26. The van der Waals surface area contributed by atoms with Gasteiger partial charge in [-0.3, -0.25) is 4.79 Å². The van der Waals surface area contributed by atoms with E-state index < -0.39 is 0 Å². The Labute approximate surface area is 201 Å². The first kappa shape index (κ1) is 23.5. The monoisotopic (exact) mass is 459 g/mol. The number of ether oxygens (including phenoxy) is 1. The molecule has 0 unspecified atom stereocenters. The second-order valence-electron chi connectivity index (χ2n) is 8.85. The molecule has 2 heterocycles. The van der Waals surface area contributed by atoms with Gasteiger partial charge in [0.15, 0.2) is 0 Å². The molecule has 3 aromatic rings. The normalized spacial score (nSPS) is 14.0. The molecule has 0 radical (unpaired) electrons. The molecule has 1 aromatic heterocycles. The molecule has 7 heteroatoms. The lowest BCUT2D eigenvalue weighted by atomic mass is 9.96. The zero-order chi connectivity index (χ0) is 23.9. The second-order valence-corrected chi connectivity index (χ2v) is 8.85. The zero-order valence-electron chi connectivity index (χ0n) is 20.2. The third-order valence-corrected chi connectivity index (χ3v) is 6.29. The van der Waals surface area contributed by atoms with Crippen LogP contribution >= 0.6 is 0 Å². The SMILES string of the molecule is CCc1ccc(Oc2cc(N3CCC(C(=O)NCc4ccc(N(C)C)cc4)CC3)ncn2)cc1. The van der Waals surface area contributed by atoms with E-state index in [2.05, 4.69) is 68.4 Å². The lowest BCUT2D eigenvalue weighted by Gasteiger charge is -2.32. The van der Waals surface area contributed by atoms with Crippen LogP contribution in [0, 0.1) is 5.92 Å². The van der Waals surface area contributed by atoms with Crippen molar-refractivity contribution in [3.05, 3.63) is 72.1 Å². The first-order valence-corrected chi connectivity index (χ1v) is 11.9. The summed E-state index contributed by atoms with van der Waals surface area (Å²) in [7, 11) is 4.03. The molecule has 0 aliphatic carbocycles. The molecule has 0 bridgehead atoms. The van der Waals surface area contributed by atoms with Crippen molar-refractivity contribution >= 4 is 17.4 Å². The fourth-order valence-electron chi connectivity index (χ4n) is 4.09. The third kappa shape index (κ3) is 6.04. The molecule has 178 valence electrons. The average Bonchev–Trinajstić information content (AvgIpc) is 2.88. The van der Waals surface area contributed by atoms with Crippen LogP contribution in [0.3, 0.4) is 0 Å². The number of rotatable bonds is 8. The Hall–Kier alpha value is -3.61. The predicted molar refractivity (Wildman–Crippen MR) is 135 cm³/mol. The minimum Gasteiger partial charge on any atom is -0.439 e. The number of hydrogen-bond acceptors (Lipinski definition) is 6. The number of aryl methyl sites for hydroxylation is 1. The van der Waals surface area contributed by atoms with Crippen LogP contribution in [0.5, 0.6) is 11.6 Å². The van der Waals surface area contributed by atoms with Crippen LogP contribution in [-0.2, 0) is 17.8 Å². The van der Waals surface area contributed by atoms with Crippen molar-refractivity contribution in [3.8, 4) is 11.6 Å². The van der Waals surface area contributed by atoms with Gasteiger partial charge in [0, 0.05) is 51.4 Å². The number of amides is 1. The Morgan fingerprint density at radius 3 is 2.35 bits per heavy atom. The Morgan fingerprint density at radius 1 is 1.03 bits per heavy atom. The number of piperidine rings is 1. The van der Waals surface area contributed by atoms with Gasteiger partial charge in [-0.1, -0.05) is 31.2 Å². The van der Waals surface area contributed by atoms with E-state index in [0.29, 0.717) is 12.4 Å². The Kier molecular flexibility index (Phi) is 7.62. The summed E-state index contributed by atoms with van der Waals surface area (Å²) in [4.78, 5) is 25.6. The number of carbonyl (C=O) groups excluding carboxylic acids is 1. The van der Waals surface area contributed by atoms with E-state index in [4.69, 9.17) is 4.74 Å². The Morgan fingerprint density at radius 2 is 1.71 bits per heavy atom.